The minimum atomic E-state index is -1.49. The molecule has 0 atom stereocenters. The summed E-state index contributed by atoms with van der Waals surface area (Å²) in [5.74, 6) is -3.40. The molecule has 15 heteroatoms. The number of halogens is 6. The van der Waals surface area contributed by atoms with Crippen LogP contribution in [-0.2, 0) is 19.2 Å². The van der Waals surface area contributed by atoms with Gasteiger partial charge in [-0.25, -0.2) is 4.79 Å². The van der Waals surface area contributed by atoms with E-state index in [-0.39, 0.29) is 56.5 Å². The van der Waals surface area contributed by atoms with E-state index in [2.05, 4.69) is 74.5 Å². The number of Topliss-reactive ketones (excluding diaryl/α,β-unsaturated/α-hetero) is 1. The van der Waals surface area contributed by atoms with Gasteiger partial charge in [0.15, 0.2) is 0 Å². The van der Waals surface area contributed by atoms with E-state index in [0.717, 1.165) is 0 Å². The van der Waals surface area contributed by atoms with Crippen LogP contribution >= 0.6 is 98.4 Å². The second-order valence-corrected chi connectivity index (χ2v) is 19.0. The van der Waals surface area contributed by atoms with Crippen molar-refractivity contribution in [3.8, 4) is 0 Å². The zero-order chi connectivity index (χ0) is 20.4. The van der Waals surface area contributed by atoms with Gasteiger partial charge in [0.25, 0.3) is 0 Å². The number of carbonyl (C=O) groups is 4. The maximum absolute atomic E-state index is 9.98. The van der Waals surface area contributed by atoms with E-state index in [1.165, 1.54) is 0 Å². The van der Waals surface area contributed by atoms with E-state index in [1.54, 1.807) is 0 Å². The molecule has 0 unspecified atom stereocenters. The van der Waals surface area contributed by atoms with Gasteiger partial charge in [-0.2, -0.15) is 0 Å². The average Bonchev–Trinajstić information content (AvgIpc) is 2.52. The van der Waals surface area contributed by atoms with Crippen LogP contribution in [0.4, 0.5) is 0 Å². The van der Waals surface area contributed by atoms with Crippen LogP contribution in [0.15, 0.2) is 0 Å². The number of hydrogen-bond donors (Lipinski definition) is 5. The Labute approximate surface area is 215 Å². The smallest absolute Gasteiger partial charge is 0.372 e. The van der Waals surface area contributed by atoms with Crippen LogP contribution < -0.4 is 13.3 Å². The van der Waals surface area contributed by atoms with Crippen molar-refractivity contribution in [2.45, 2.75) is 19.3 Å². The van der Waals surface area contributed by atoms with E-state index >= 15 is 0 Å². The van der Waals surface area contributed by atoms with Crippen molar-refractivity contribution in [2.24, 2.45) is 0 Å². The minimum absolute atomic E-state index is 0. The summed E-state index contributed by atoms with van der Waals surface area (Å²) in [7, 11) is 0. The zero-order valence-corrected chi connectivity index (χ0v) is 25.6. The van der Waals surface area contributed by atoms with Gasteiger partial charge in [-0.05, 0) is 0 Å². The van der Waals surface area contributed by atoms with Crippen molar-refractivity contribution >= 4 is 122 Å². The number of carboxylic acid groups (broad SMARTS) is 2. The van der Waals surface area contributed by atoms with Gasteiger partial charge < -0.3 is 30.3 Å². The molecule has 9 nitrogen and oxygen atoms in total. The monoisotopic (exact) mass is 1040 g/mol. The Balaban J connectivity index is -0.0000000479. The SMILES string of the molecule is I.II.I[I-]I.O=C(O)C(=O)CCO.O=C(O)CCO.O=CCCO. The summed E-state index contributed by atoms with van der Waals surface area (Å²) in [6.45, 7) is -0.691. The fourth-order valence-corrected chi connectivity index (χ4v) is 0.357. The first-order chi connectivity index (χ1) is 11.3. The molecule has 5 N–H and O–H groups in total. The molecule has 0 saturated heterocycles. The molecule has 0 fully saturated rings. The third-order valence-corrected chi connectivity index (χ3v) is 1.15. The molecule has 0 aromatic rings. The van der Waals surface area contributed by atoms with Crippen molar-refractivity contribution in [2.75, 3.05) is 19.8 Å². The molecular formula is C10H19I6O9-. The number of aliphatic hydroxyl groups excluding tert-OH is 3. The first kappa shape index (κ1) is 41.8. The van der Waals surface area contributed by atoms with E-state index in [0.29, 0.717) is 19.5 Å². The molecule has 0 aliphatic heterocycles. The number of aliphatic hydroxyl groups is 3. The van der Waals surface area contributed by atoms with Crippen molar-refractivity contribution in [1.82, 2.24) is 0 Å². The predicted octanol–water partition coefficient (Wildman–Crippen LogP) is -0.792. The molecule has 0 saturated carbocycles. The normalized spacial score (nSPS) is 7.32. The van der Waals surface area contributed by atoms with E-state index in [4.69, 9.17) is 25.5 Å². The van der Waals surface area contributed by atoms with Gasteiger partial charge in [-0.3, -0.25) is 9.59 Å². The molecule has 0 bridgehead atoms. The summed E-state index contributed by atoms with van der Waals surface area (Å²) in [6, 6.07) is 0. The number of aliphatic carboxylic acids is 2. The van der Waals surface area contributed by atoms with E-state index < -0.39 is 24.3 Å². The fraction of sp³-hybridized carbons (Fsp3) is 0.600. The molecule has 0 aliphatic rings. The number of rotatable bonds is 7. The molecule has 0 aliphatic carbocycles. The molecule has 0 heterocycles. The molecule has 0 spiro atoms. The number of carbonyl (C=O) groups excluding carboxylic acids is 2. The Kier molecular flexibility index (Phi) is 75.8. The van der Waals surface area contributed by atoms with E-state index in [9.17, 15) is 19.2 Å². The largest absolute Gasteiger partial charge is 0.481 e. The van der Waals surface area contributed by atoms with Gasteiger partial charge in [-0.1, -0.05) is 0 Å². The molecule has 0 rings (SSSR count). The van der Waals surface area contributed by atoms with E-state index in [1.807, 2.05) is 0 Å². The van der Waals surface area contributed by atoms with Gasteiger partial charge >= 0.3 is 62.4 Å². The van der Waals surface area contributed by atoms with Crippen molar-refractivity contribution < 1.29 is 58.0 Å². The topological polar surface area (TPSA) is 169 Å². The summed E-state index contributed by atoms with van der Waals surface area (Å²) in [6.07, 6.45) is 0.495. The summed E-state index contributed by atoms with van der Waals surface area (Å²) in [4.78, 5) is 38.3. The van der Waals surface area contributed by atoms with Gasteiger partial charge in [0.1, 0.15) is 6.29 Å². The number of aldehydes is 1. The number of ketones is 1. The third-order valence-electron chi connectivity index (χ3n) is 1.15. The second kappa shape index (κ2) is 45.3. The molecule has 25 heavy (non-hydrogen) atoms. The predicted molar refractivity (Wildman–Crippen MR) is 133 cm³/mol. The first-order valence-corrected chi connectivity index (χ1v) is 24.4. The maximum atomic E-state index is 9.98. The van der Waals surface area contributed by atoms with Crippen LogP contribution in [0.5, 0.6) is 0 Å². The van der Waals surface area contributed by atoms with Gasteiger partial charge in [0.2, 0.25) is 5.78 Å². The summed E-state index contributed by atoms with van der Waals surface area (Å²) in [5, 5.41) is 39.3. The van der Waals surface area contributed by atoms with Crippen molar-refractivity contribution in [3.63, 3.8) is 0 Å². The van der Waals surface area contributed by atoms with Crippen LogP contribution in [0.1, 0.15) is 19.3 Å². The van der Waals surface area contributed by atoms with Crippen molar-refractivity contribution in [1.29, 1.82) is 0 Å². The van der Waals surface area contributed by atoms with Crippen LogP contribution in [-0.4, -0.2) is 69.4 Å². The van der Waals surface area contributed by atoms with Crippen LogP contribution in [0, 0.1) is 0 Å². The summed E-state index contributed by atoms with van der Waals surface area (Å²) >= 11 is 9.54. The Hall–Kier alpha value is 2.54. The fourth-order valence-electron chi connectivity index (χ4n) is 0.357. The molecule has 0 amide bonds. The Morgan fingerprint density at radius 3 is 1.28 bits per heavy atom. The second-order valence-electron chi connectivity index (χ2n) is 2.80. The van der Waals surface area contributed by atoms with Gasteiger partial charge in [0, 0.05) is 56.7 Å². The standard InChI is InChI=1S/C4H6O4.C3H6O3.C3H6O2.I3.I2.HI/c5-2-1-3(6)4(7)8;4-2-1-3(5)6;4-2-1-3-5;1-3-2;1-2;/h5H,1-2H2,(H,7,8);4H,1-2H2,(H,5,6);2,5H,1,3H2;;;1H/q;;;-1;;. The quantitative estimate of drug-likeness (QED) is 0.125. The Morgan fingerprint density at radius 1 is 0.880 bits per heavy atom. The summed E-state index contributed by atoms with van der Waals surface area (Å²) < 4.78 is 0. The van der Waals surface area contributed by atoms with Gasteiger partial charge in [0.05, 0.1) is 19.6 Å². The first-order valence-electron chi connectivity index (χ1n) is 5.54. The third kappa shape index (κ3) is 75.6. The molecule has 0 aromatic carbocycles. The van der Waals surface area contributed by atoms with Crippen LogP contribution in [0.25, 0.3) is 0 Å². The molecule has 0 aromatic heterocycles. The zero-order valence-electron chi connectivity index (χ0n) is 12.5. The number of hydrogen-bond acceptors (Lipinski definition) is 7. The Bertz CT molecular complexity index is 294. The van der Waals surface area contributed by atoms with Gasteiger partial charge in [-0.15, -0.1) is 24.0 Å². The van der Waals surface area contributed by atoms with Crippen molar-refractivity contribution in [3.05, 3.63) is 0 Å². The molecule has 156 valence electrons. The molecule has 0 radical (unpaired) electrons. The minimum Gasteiger partial charge on any atom is -0.481 e. The molecular weight excluding hydrogens is 1030 g/mol. The van der Waals surface area contributed by atoms with Crippen LogP contribution in [0.3, 0.4) is 0 Å². The average molecular weight is 1040 g/mol. The number of carboxylic acids is 2. The maximum Gasteiger partial charge on any atom is 0.372 e. The summed E-state index contributed by atoms with van der Waals surface area (Å²) in [5.41, 5.74) is 0. The Morgan fingerprint density at radius 2 is 1.24 bits per heavy atom. The van der Waals surface area contributed by atoms with Crippen LogP contribution in [0.2, 0.25) is 0 Å².